The smallest absolute Gasteiger partial charge is 0.0543 e. The molecule has 1 heteroatoms. The van der Waals surface area contributed by atoms with E-state index in [4.69, 9.17) is 0 Å². The molecule has 4 aliphatic carbocycles. The number of aliphatic hydroxyl groups excluding tert-OH is 1. The molecular weight excluding hydrogens is 268 g/mol. The molecule has 0 radical (unpaired) electrons. The number of aliphatic hydroxyl groups is 1. The first-order valence-electron chi connectivity index (χ1n) is 9.86. The second kappa shape index (κ2) is 5.10. The molecule has 1 unspecified atom stereocenters. The summed E-state index contributed by atoms with van der Waals surface area (Å²) in [6.45, 7) is 7.52. The fraction of sp³-hybridized carbons (Fsp3) is 0.905. The van der Waals surface area contributed by atoms with Gasteiger partial charge in [-0.1, -0.05) is 32.4 Å². The molecule has 3 fully saturated rings. The van der Waals surface area contributed by atoms with E-state index >= 15 is 0 Å². The lowest BCUT2D eigenvalue weighted by Gasteiger charge is -2.60. The van der Waals surface area contributed by atoms with Crippen LogP contribution in [0.15, 0.2) is 11.6 Å². The van der Waals surface area contributed by atoms with Crippen LogP contribution in [0.5, 0.6) is 0 Å². The lowest BCUT2D eigenvalue weighted by atomic mass is 9.44. The molecule has 0 bridgehead atoms. The van der Waals surface area contributed by atoms with Crippen LogP contribution in [0.25, 0.3) is 0 Å². The van der Waals surface area contributed by atoms with Gasteiger partial charge in [0.05, 0.1) is 6.10 Å². The number of rotatable bonds is 1. The van der Waals surface area contributed by atoms with Crippen LogP contribution < -0.4 is 0 Å². The zero-order valence-electron chi connectivity index (χ0n) is 14.8. The van der Waals surface area contributed by atoms with E-state index in [0.29, 0.717) is 10.8 Å². The Balaban J connectivity index is 1.61. The van der Waals surface area contributed by atoms with Crippen molar-refractivity contribution >= 4 is 0 Å². The molecule has 0 aromatic rings. The molecule has 0 aromatic heterocycles. The molecule has 0 aliphatic heterocycles. The highest BCUT2D eigenvalue weighted by atomic mass is 16.3. The van der Waals surface area contributed by atoms with E-state index in [1.54, 1.807) is 5.57 Å². The lowest BCUT2D eigenvalue weighted by Crippen LogP contribution is -2.53. The summed E-state index contributed by atoms with van der Waals surface area (Å²) >= 11 is 0. The molecule has 1 N–H and O–H groups in total. The van der Waals surface area contributed by atoms with Crippen molar-refractivity contribution in [1.29, 1.82) is 0 Å². The van der Waals surface area contributed by atoms with Gasteiger partial charge in [-0.05, 0) is 92.3 Å². The topological polar surface area (TPSA) is 20.2 Å². The maximum absolute atomic E-state index is 10.1. The van der Waals surface area contributed by atoms with Gasteiger partial charge in [0.25, 0.3) is 0 Å². The molecule has 4 aliphatic rings. The molecule has 0 amide bonds. The standard InChI is InChI=1S/C21H34O/c1-4-14-6-8-18-17-7-5-15-13-16(22)9-11-21(15,3)19(17)10-12-20(14,18)2/h6,15-19,22H,4-5,7-13H2,1-3H3/t15?,16-,17-,18-,19-,20+,21-/m0/s1. The van der Waals surface area contributed by atoms with Gasteiger partial charge in [-0.25, -0.2) is 0 Å². The van der Waals surface area contributed by atoms with E-state index in [-0.39, 0.29) is 6.10 Å². The maximum Gasteiger partial charge on any atom is 0.0543 e. The van der Waals surface area contributed by atoms with Gasteiger partial charge in [0.1, 0.15) is 0 Å². The minimum Gasteiger partial charge on any atom is -0.393 e. The number of allylic oxidation sites excluding steroid dienone is 2. The number of hydrogen-bond acceptors (Lipinski definition) is 1. The van der Waals surface area contributed by atoms with Crippen molar-refractivity contribution in [3.8, 4) is 0 Å². The first-order chi connectivity index (χ1) is 10.5. The van der Waals surface area contributed by atoms with Gasteiger partial charge in [-0.3, -0.25) is 0 Å². The summed E-state index contributed by atoms with van der Waals surface area (Å²) < 4.78 is 0. The minimum absolute atomic E-state index is 0.0108. The third kappa shape index (κ3) is 1.93. The van der Waals surface area contributed by atoms with Crippen LogP contribution in [0.1, 0.15) is 78.6 Å². The number of fused-ring (bicyclic) bond motifs is 5. The van der Waals surface area contributed by atoms with Crippen molar-refractivity contribution < 1.29 is 5.11 Å². The third-order valence-electron chi connectivity index (χ3n) is 8.76. The summed E-state index contributed by atoms with van der Waals surface area (Å²) in [5.74, 6) is 3.60. The largest absolute Gasteiger partial charge is 0.393 e. The van der Waals surface area contributed by atoms with Gasteiger partial charge in [-0.2, -0.15) is 0 Å². The third-order valence-corrected chi connectivity index (χ3v) is 8.76. The van der Waals surface area contributed by atoms with E-state index < -0.39 is 0 Å². The van der Waals surface area contributed by atoms with Crippen molar-refractivity contribution in [3.05, 3.63) is 11.6 Å². The molecule has 0 saturated heterocycles. The molecular formula is C21H34O. The molecule has 1 nitrogen and oxygen atoms in total. The second-order valence-corrected chi connectivity index (χ2v) is 9.36. The fourth-order valence-corrected chi connectivity index (χ4v) is 7.44. The second-order valence-electron chi connectivity index (χ2n) is 9.36. The zero-order chi connectivity index (χ0) is 15.5. The van der Waals surface area contributed by atoms with Crippen LogP contribution in [0.4, 0.5) is 0 Å². The van der Waals surface area contributed by atoms with Crippen LogP contribution >= 0.6 is 0 Å². The normalized spacial score (nSPS) is 54.2. The maximum atomic E-state index is 10.1. The molecule has 3 saturated carbocycles. The summed E-state index contributed by atoms with van der Waals surface area (Å²) in [6.07, 6.45) is 14.3. The molecule has 7 atom stereocenters. The molecule has 4 rings (SSSR count). The Labute approximate surface area is 136 Å². The predicted molar refractivity (Wildman–Crippen MR) is 91.5 cm³/mol. The van der Waals surface area contributed by atoms with Gasteiger partial charge in [-0.15, -0.1) is 0 Å². The Bertz CT molecular complexity index is 480. The highest BCUT2D eigenvalue weighted by Gasteiger charge is 2.58. The van der Waals surface area contributed by atoms with E-state index in [1.807, 2.05) is 0 Å². The average molecular weight is 303 g/mol. The summed E-state index contributed by atoms with van der Waals surface area (Å²) in [4.78, 5) is 0. The zero-order valence-corrected chi connectivity index (χ0v) is 14.8. The summed E-state index contributed by atoms with van der Waals surface area (Å²) in [6, 6.07) is 0. The van der Waals surface area contributed by atoms with Gasteiger partial charge < -0.3 is 5.11 Å². The molecule has 0 aromatic carbocycles. The summed E-state index contributed by atoms with van der Waals surface area (Å²) in [5, 5.41) is 10.1. The average Bonchev–Trinajstić information content (AvgIpc) is 2.84. The van der Waals surface area contributed by atoms with Gasteiger partial charge in [0, 0.05) is 0 Å². The van der Waals surface area contributed by atoms with Crippen molar-refractivity contribution in [3.63, 3.8) is 0 Å². The van der Waals surface area contributed by atoms with Crippen molar-refractivity contribution in [2.24, 2.45) is 34.5 Å². The minimum atomic E-state index is -0.0108. The fourth-order valence-electron chi connectivity index (χ4n) is 7.44. The monoisotopic (exact) mass is 302 g/mol. The quantitative estimate of drug-likeness (QED) is 0.648. The van der Waals surface area contributed by atoms with E-state index in [1.165, 1.54) is 44.9 Å². The van der Waals surface area contributed by atoms with Crippen LogP contribution in [0, 0.1) is 34.5 Å². The Kier molecular flexibility index (Phi) is 3.53. The van der Waals surface area contributed by atoms with Crippen molar-refractivity contribution in [2.45, 2.75) is 84.7 Å². The summed E-state index contributed by atoms with van der Waals surface area (Å²) in [7, 11) is 0. The highest BCUT2D eigenvalue weighted by Crippen LogP contribution is 2.66. The van der Waals surface area contributed by atoms with Crippen LogP contribution in [0.3, 0.4) is 0 Å². The van der Waals surface area contributed by atoms with Crippen LogP contribution in [-0.4, -0.2) is 11.2 Å². The molecule has 0 heterocycles. The van der Waals surface area contributed by atoms with E-state index in [9.17, 15) is 5.11 Å². The number of hydrogen-bond donors (Lipinski definition) is 1. The Morgan fingerprint density at radius 3 is 2.68 bits per heavy atom. The molecule has 0 spiro atoms. The van der Waals surface area contributed by atoms with Crippen LogP contribution in [-0.2, 0) is 0 Å². The van der Waals surface area contributed by atoms with Gasteiger partial charge in [0.2, 0.25) is 0 Å². The SMILES string of the molecule is CCC1=CC[C@H]2[C@@H]3CCC4C[C@@H](O)CC[C@]4(C)[C@H]3CC[C@]12C. The predicted octanol–water partition coefficient (Wildman–Crippen LogP) is 5.34. The van der Waals surface area contributed by atoms with E-state index in [0.717, 1.165) is 36.5 Å². The van der Waals surface area contributed by atoms with Crippen molar-refractivity contribution in [2.75, 3.05) is 0 Å². The van der Waals surface area contributed by atoms with Crippen molar-refractivity contribution in [1.82, 2.24) is 0 Å². The highest BCUT2D eigenvalue weighted by molar-refractivity contribution is 5.25. The Morgan fingerprint density at radius 1 is 1.09 bits per heavy atom. The van der Waals surface area contributed by atoms with Gasteiger partial charge in [0.15, 0.2) is 0 Å². The Morgan fingerprint density at radius 2 is 1.91 bits per heavy atom. The van der Waals surface area contributed by atoms with E-state index in [2.05, 4.69) is 26.8 Å². The first-order valence-corrected chi connectivity index (χ1v) is 9.86. The first kappa shape index (κ1) is 15.2. The molecule has 22 heavy (non-hydrogen) atoms. The molecule has 124 valence electrons. The summed E-state index contributed by atoms with van der Waals surface area (Å²) in [5.41, 5.74) is 2.81. The lowest BCUT2D eigenvalue weighted by molar-refractivity contribution is -0.118. The Hall–Kier alpha value is -0.300. The van der Waals surface area contributed by atoms with Crippen LogP contribution in [0.2, 0.25) is 0 Å². The van der Waals surface area contributed by atoms with Gasteiger partial charge >= 0.3 is 0 Å².